The molecule has 4 rings (SSSR count). The van der Waals surface area contributed by atoms with Crippen LogP contribution in [0.5, 0.6) is 0 Å². The predicted molar refractivity (Wildman–Crippen MR) is 109 cm³/mol. The van der Waals surface area contributed by atoms with E-state index < -0.39 is 0 Å². The summed E-state index contributed by atoms with van der Waals surface area (Å²) in [7, 11) is 0. The summed E-state index contributed by atoms with van der Waals surface area (Å²) in [4.78, 5) is 13.3. The summed E-state index contributed by atoms with van der Waals surface area (Å²) in [6, 6.07) is 16.3. The molecular formula is C18H12INOS2. The smallest absolute Gasteiger partial charge is 0.265 e. The van der Waals surface area contributed by atoms with Crippen molar-refractivity contribution >= 4 is 76.3 Å². The van der Waals surface area contributed by atoms with Gasteiger partial charge in [-0.3, -0.25) is 4.79 Å². The molecule has 0 aliphatic heterocycles. The Bertz CT molecular complexity index is 1050. The standard InChI is InChI=1S/C18H12INOS2/c1-10-8-11(6-7-13(10)19)20-18(21)16-9-15-17(23-16)12-4-2-3-5-14(12)22-15/h2-9H,1H3,(H,20,21). The normalized spacial score (nSPS) is 11.2. The zero-order valence-electron chi connectivity index (χ0n) is 12.2. The number of aryl methyl sites for hydroxylation is 1. The van der Waals surface area contributed by atoms with Crippen LogP contribution in [0.1, 0.15) is 15.2 Å². The molecule has 2 aromatic carbocycles. The highest BCUT2D eigenvalue weighted by Gasteiger charge is 2.14. The fourth-order valence-corrected chi connectivity index (χ4v) is 5.28. The number of nitrogens with one attached hydrogen (secondary N) is 1. The summed E-state index contributed by atoms with van der Waals surface area (Å²) >= 11 is 5.60. The molecule has 2 heterocycles. The maximum atomic E-state index is 12.5. The summed E-state index contributed by atoms with van der Waals surface area (Å²) in [5.74, 6) is -0.0388. The number of hydrogen-bond acceptors (Lipinski definition) is 3. The van der Waals surface area contributed by atoms with Gasteiger partial charge in [0, 0.05) is 24.0 Å². The number of amides is 1. The van der Waals surface area contributed by atoms with Gasteiger partial charge < -0.3 is 5.32 Å². The first-order valence-corrected chi connectivity index (χ1v) is 9.81. The molecule has 2 nitrogen and oxygen atoms in total. The number of thiophene rings is 2. The third-order valence-corrected chi connectivity index (χ3v) is 7.31. The Kier molecular flexibility index (Phi) is 3.87. The maximum Gasteiger partial charge on any atom is 0.265 e. The molecule has 0 aliphatic carbocycles. The van der Waals surface area contributed by atoms with E-state index in [0.29, 0.717) is 0 Å². The molecule has 0 atom stereocenters. The molecule has 0 saturated heterocycles. The first-order valence-electron chi connectivity index (χ1n) is 7.10. The third-order valence-electron chi connectivity index (χ3n) is 3.69. The molecular weight excluding hydrogens is 437 g/mol. The minimum atomic E-state index is -0.0388. The predicted octanol–water partition coefficient (Wildman–Crippen LogP) is 6.28. The zero-order valence-corrected chi connectivity index (χ0v) is 16.0. The SMILES string of the molecule is Cc1cc(NC(=O)c2cc3sc4ccccc4c3s2)ccc1I. The van der Waals surface area contributed by atoms with Crippen molar-refractivity contribution in [3.63, 3.8) is 0 Å². The lowest BCUT2D eigenvalue weighted by Gasteiger charge is -2.05. The first-order chi connectivity index (χ1) is 11.1. The van der Waals surface area contributed by atoms with Crippen LogP contribution in [0, 0.1) is 10.5 Å². The highest BCUT2D eigenvalue weighted by atomic mass is 127. The van der Waals surface area contributed by atoms with E-state index in [1.807, 2.05) is 37.3 Å². The van der Waals surface area contributed by atoms with Crippen LogP contribution in [0.3, 0.4) is 0 Å². The fourth-order valence-electron chi connectivity index (χ4n) is 2.53. The molecule has 114 valence electrons. The molecule has 0 fully saturated rings. The molecule has 5 heteroatoms. The third kappa shape index (κ3) is 2.77. The number of anilines is 1. The molecule has 1 N–H and O–H groups in total. The van der Waals surface area contributed by atoms with Crippen molar-refractivity contribution < 1.29 is 4.79 Å². The average molecular weight is 449 g/mol. The lowest BCUT2D eigenvalue weighted by Crippen LogP contribution is -2.10. The van der Waals surface area contributed by atoms with Crippen molar-refractivity contribution in [1.82, 2.24) is 0 Å². The molecule has 0 radical (unpaired) electrons. The van der Waals surface area contributed by atoms with E-state index in [9.17, 15) is 4.79 Å². The molecule has 0 saturated carbocycles. The van der Waals surface area contributed by atoms with E-state index >= 15 is 0 Å². The average Bonchev–Trinajstić information content (AvgIpc) is 3.08. The van der Waals surface area contributed by atoms with Crippen LogP contribution in [0.25, 0.3) is 19.5 Å². The van der Waals surface area contributed by atoms with Crippen molar-refractivity contribution in [3.05, 3.63) is 62.5 Å². The Hall–Kier alpha value is -1.44. The van der Waals surface area contributed by atoms with Crippen LogP contribution in [0.4, 0.5) is 5.69 Å². The van der Waals surface area contributed by atoms with Crippen LogP contribution in [-0.2, 0) is 0 Å². The number of halogens is 1. The van der Waals surface area contributed by atoms with Gasteiger partial charge in [-0.05, 0) is 65.4 Å². The lowest BCUT2D eigenvalue weighted by atomic mass is 10.2. The summed E-state index contributed by atoms with van der Waals surface area (Å²) < 4.78 is 4.85. The van der Waals surface area contributed by atoms with Crippen molar-refractivity contribution in [2.45, 2.75) is 6.92 Å². The summed E-state index contributed by atoms with van der Waals surface area (Å²) in [6.07, 6.45) is 0. The Balaban J connectivity index is 1.67. The van der Waals surface area contributed by atoms with Gasteiger partial charge in [0.1, 0.15) is 0 Å². The summed E-state index contributed by atoms with van der Waals surface area (Å²) in [5, 5.41) is 4.24. The number of hydrogen-bond donors (Lipinski definition) is 1. The first kappa shape index (κ1) is 15.1. The van der Waals surface area contributed by atoms with E-state index in [1.54, 1.807) is 22.7 Å². The van der Waals surface area contributed by atoms with Crippen LogP contribution in [-0.4, -0.2) is 5.91 Å². The summed E-state index contributed by atoms with van der Waals surface area (Å²) in [6.45, 7) is 2.05. The highest BCUT2D eigenvalue weighted by molar-refractivity contribution is 14.1. The Morgan fingerprint density at radius 2 is 1.87 bits per heavy atom. The van der Waals surface area contributed by atoms with Gasteiger partial charge in [0.05, 0.1) is 9.58 Å². The molecule has 23 heavy (non-hydrogen) atoms. The van der Waals surface area contributed by atoms with Crippen molar-refractivity contribution in [2.75, 3.05) is 5.32 Å². The molecule has 0 bridgehead atoms. The van der Waals surface area contributed by atoms with E-state index in [2.05, 4.69) is 46.1 Å². The van der Waals surface area contributed by atoms with E-state index in [-0.39, 0.29) is 5.91 Å². The number of fused-ring (bicyclic) bond motifs is 3. The number of rotatable bonds is 2. The largest absolute Gasteiger partial charge is 0.321 e. The van der Waals surface area contributed by atoms with Crippen LogP contribution in [0.2, 0.25) is 0 Å². The van der Waals surface area contributed by atoms with Gasteiger partial charge >= 0.3 is 0 Å². The second kappa shape index (κ2) is 5.89. The van der Waals surface area contributed by atoms with Gasteiger partial charge in [-0.15, -0.1) is 22.7 Å². The zero-order chi connectivity index (χ0) is 16.0. The fraction of sp³-hybridized carbons (Fsp3) is 0.0556. The van der Waals surface area contributed by atoms with Gasteiger partial charge in [0.25, 0.3) is 5.91 Å². The quantitative estimate of drug-likeness (QED) is 0.359. The van der Waals surface area contributed by atoms with E-state index in [1.165, 1.54) is 28.6 Å². The van der Waals surface area contributed by atoms with Crippen molar-refractivity contribution in [1.29, 1.82) is 0 Å². The van der Waals surface area contributed by atoms with E-state index in [4.69, 9.17) is 0 Å². The molecule has 0 aliphatic rings. The minimum absolute atomic E-state index is 0.0388. The number of carbonyl (C=O) groups excluding carboxylic acids is 1. The Morgan fingerprint density at radius 1 is 1.04 bits per heavy atom. The highest BCUT2D eigenvalue weighted by Crippen LogP contribution is 2.39. The monoisotopic (exact) mass is 449 g/mol. The van der Waals surface area contributed by atoms with Gasteiger partial charge in [-0.25, -0.2) is 0 Å². The molecule has 1 amide bonds. The van der Waals surface area contributed by atoms with Gasteiger partial charge in [-0.2, -0.15) is 0 Å². The second-order valence-corrected chi connectivity index (χ2v) is 8.62. The molecule has 0 spiro atoms. The topological polar surface area (TPSA) is 29.1 Å². The maximum absolute atomic E-state index is 12.5. The summed E-state index contributed by atoms with van der Waals surface area (Å²) in [5.41, 5.74) is 2.01. The lowest BCUT2D eigenvalue weighted by molar-refractivity contribution is 0.103. The van der Waals surface area contributed by atoms with Gasteiger partial charge in [-0.1, -0.05) is 18.2 Å². The number of benzene rings is 2. The van der Waals surface area contributed by atoms with E-state index in [0.717, 1.165) is 10.6 Å². The van der Waals surface area contributed by atoms with Crippen LogP contribution < -0.4 is 5.32 Å². The number of carbonyl (C=O) groups is 1. The minimum Gasteiger partial charge on any atom is -0.321 e. The Labute approximate surface area is 155 Å². The van der Waals surface area contributed by atoms with Crippen molar-refractivity contribution in [3.8, 4) is 0 Å². The van der Waals surface area contributed by atoms with Crippen LogP contribution in [0.15, 0.2) is 48.5 Å². The molecule has 2 aromatic heterocycles. The van der Waals surface area contributed by atoms with Crippen LogP contribution >= 0.6 is 45.3 Å². The second-order valence-electron chi connectivity index (χ2n) is 5.32. The molecule has 4 aromatic rings. The van der Waals surface area contributed by atoms with Gasteiger partial charge in [0.2, 0.25) is 0 Å². The van der Waals surface area contributed by atoms with Gasteiger partial charge in [0.15, 0.2) is 0 Å². The molecule has 0 unspecified atom stereocenters. The van der Waals surface area contributed by atoms with Crippen molar-refractivity contribution in [2.24, 2.45) is 0 Å². The Morgan fingerprint density at radius 3 is 2.70 bits per heavy atom.